The SMILES string of the molecule is CN1C(=O)/C(=C\c2ccccc2)SC1=Nc1ccc(Cl)cc1. The third-order valence-electron chi connectivity index (χ3n) is 3.15. The van der Waals surface area contributed by atoms with Crippen molar-refractivity contribution in [3.8, 4) is 0 Å². The van der Waals surface area contributed by atoms with E-state index in [0.717, 1.165) is 11.3 Å². The van der Waals surface area contributed by atoms with Crippen LogP contribution in [0.25, 0.3) is 6.08 Å². The molecule has 5 heteroatoms. The van der Waals surface area contributed by atoms with Gasteiger partial charge >= 0.3 is 0 Å². The highest BCUT2D eigenvalue weighted by Gasteiger charge is 2.30. The molecule has 0 bridgehead atoms. The van der Waals surface area contributed by atoms with Crippen molar-refractivity contribution >= 4 is 46.2 Å². The number of amidine groups is 1. The predicted octanol–water partition coefficient (Wildman–Crippen LogP) is 4.57. The lowest BCUT2D eigenvalue weighted by atomic mass is 10.2. The number of rotatable bonds is 2. The van der Waals surface area contributed by atoms with E-state index in [1.54, 1.807) is 24.1 Å². The van der Waals surface area contributed by atoms with Gasteiger partial charge in [0.05, 0.1) is 10.6 Å². The van der Waals surface area contributed by atoms with Crippen molar-refractivity contribution in [3.05, 3.63) is 70.1 Å². The van der Waals surface area contributed by atoms with Gasteiger partial charge in [-0.2, -0.15) is 0 Å². The third kappa shape index (κ3) is 3.24. The fourth-order valence-corrected chi connectivity index (χ4v) is 3.09. The van der Waals surface area contributed by atoms with E-state index in [4.69, 9.17) is 11.6 Å². The summed E-state index contributed by atoms with van der Waals surface area (Å²) in [7, 11) is 1.73. The van der Waals surface area contributed by atoms with Crippen molar-refractivity contribution in [1.29, 1.82) is 0 Å². The molecule has 2 aromatic rings. The maximum absolute atomic E-state index is 12.3. The summed E-state index contributed by atoms with van der Waals surface area (Å²) in [5.74, 6) is -0.0402. The van der Waals surface area contributed by atoms with E-state index in [0.29, 0.717) is 15.1 Å². The predicted molar refractivity (Wildman–Crippen MR) is 93.3 cm³/mol. The monoisotopic (exact) mass is 328 g/mol. The summed E-state index contributed by atoms with van der Waals surface area (Å²) >= 11 is 7.24. The molecule has 0 N–H and O–H groups in total. The van der Waals surface area contributed by atoms with Crippen LogP contribution in [0, 0.1) is 0 Å². The van der Waals surface area contributed by atoms with Crippen LogP contribution in [0.4, 0.5) is 5.69 Å². The van der Waals surface area contributed by atoms with Crippen LogP contribution in [0.1, 0.15) is 5.56 Å². The number of thioether (sulfide) groups is 1. The van der Waals surface area contributed by atoms with Gasteiger partial charge in [-0.25, -0.2) is 4.99 Å². The molecular weight excluding hydrogens is 316 g/mol. The number of halogens is 1. The van der Waals surface area contributed by atoms with E-state index in [9.17, 15) is 4.79 Å². The summed E-state index contributed by atoms with van der Waals surface area (Å²) in [6, 6.07) is 17.0. The maximum Gasteiger partial charge on any atom is 0.266 e. The second-order valence-corrected chi connectivity index (χ2v) is 6.20. The highest BCUT2D eigenvalue weighted by molar-refractivity contribution is 8.18. The van der Waals surface area contributed by atoms with Crippen LogP contribution in [0.3, 0.4) is 0 Å². The fraction of sp³-hybridized carbons (Fsp3) is 0.0588. The first kappa shape index (κ1) is 14.9. The van der Waals surface area contributed by atoms with Gasteiger partial charge in [0, 0.05) is 12.1 Å². The summed E-state index contributed by atoms with van der Waals surface area (Å²) in [4.78, 5) is 19.0. The summed E-state index contributed by atoms with van der Waals surface area (Å²) in [6.07, 6.45) is 1.88. The normalized spacial score (nSPS) is 18.5. The molecule has 0 unspecified atom stereocenters. The Balaban J connectivity index is 1.88. The van der Waals surface area contributed by atoms with Crippen LogP contribution in [0.2, 0.25) is 5.02 Å². The fourth-order valence-electron chi connectivity index (χ4n) is 1.98. The Morgan fingerprint density at radius 2 is 1.77 bits per heavy atom. The first-order valence-electron chi connectivity index (χ1n) is 6.70. The number of likely N-dealkylation sites (N-methyl/N-ethyl adjacent to an activating group) is 1. The zero-order valence-corrected chi connectivity index (χ0v) is 13.4. The van der Waals surface area contributed by atoms with Gasteiger partial charge in [0.2, 0.25) is 0 Å². The van der Waals surface area contributed by atoms with Gasteiger partial charge in [-0.1, -0.05) is 41.9 Å². The highest BCUT2D eigenvalue weighted by Crippen LogP contribution is 2.33. The Morgan fingerprint density at radius 1 is 1.09 bits per heavy atom. The van der Waals surface area contributed by atoms with Crippen molar-refractivity contribution in [2.75, 3.05) is 7.05 Å². The number of nitrogens with zero attached hydrogens (tertiary/aromatic N) is 2. The van der Waals surface area contributed by atoms with Gasteiger partial charge in [-0.3, -0.25) is 9.69 Å². The lowest BCUT2D eigenvalue weighted by molar-refractivity contribution is -0.121. The minimum absolute atomic E-state index is 0.0402. The molecule has 0 saturated carbocycles. The van der Waals surface area contributed by atoms with Crippen LogP contribution < -0.4 is 0 Å². The average molecular weight is 329 g/mol. The molecule has 0 atom stereocenters. The Bertz CT molecular complexity index is 754. The van der Waals surface area contributed by atoms with Crippen LogP contribution in [0.5, 0.6) is 0 Å². The van der Waals surface area contributed by atoms with E-state index in [-0.39, 0.29) is 5.91 Å². The van der Waals surface area contributed by atoms with Gasteiger partial charge in [0.25, 0.3) is 5.91 Å². The Labute approximate surface area is 138 Å². The van der Waals surface area contributed by atoms with Crippen molar-refractivity contribution in [2.24, 2.45) is 4.99 Å². The Hall–Kier alpha value is -2.04. The number of amides is 1. The molecule has 1 fully saturated rings. The lowest BCUT2D eigenvalue weighted by Gasteiger charge is -2.07. The van der Waals surface area contributed by atoms with Crippen LogP contribution in [0.15, 0.2) is 64.5 Å². The number of aliphatic imine (C=N–C) groups is 1. The number of carbonyl (C=O) groups excluding carboxylic acids is 1. The van der Waals surface area contributed by atoms with Crippen LogP contribution >= 0.6 is 23.4 Å². The molecule has 0 spiro atoms. The molecule has 1 saturated heterocycles. The second-order valence-electron chi connectivity index (χ2n) is 4.76. The van der Waals surface area contributed by atoms with Crippen molar-refractivity contribution in [2.45, 2.75) is 0 Å². The minimum Gasteiger partial charge on any atom is -0.290 e. The summed E-state index contributed by atoms with van der Waals surface area (Å²) in [5.41, 5.74) is 1.77. The summed E-state index contributed by atoms with van der Waals surface area (Å²) in [5, 5.41) is 1.33. The maximum atomic E-state index is 12.3. The van der Waals surface area contributed by atoms with Crippen LogP contribution in [-0.2, 0) is 4.79 Å². The van der Waals surface area contributed by atoms with Gasteiger partial charge in [0.1, 0.15) is 0 Å². The summed E-state index contributed by atoms with van der Waals surface area (Å²) < 4.78 is 0. The highest BCUT2D eigenvalue weighted by atomic mass is 35.5. The van der Waals surface area contributed by atoms with Crippen molar-refractivity contribution in [1.82, 2.24) is 4.90 Å². The quantitative estimate of drug-likeness (QED) is 0.756. The van der Waals surface area contributed by atoms with E-state index in [1.807, 2.05) is 48.5 Å². The molecule has 1 amide bonds. The van der Waals surface area contributed by atoms with Gasteiger partial charge < -0.3 is 0 Å². The van der Waals surface area contributed by atoms with Crippen molar-refractivity contribution in [3.63, 3.8) is 0 Å². The zero-order chi connectivity index (χ0) is 15.5. The Kier molecular flexibility index (Phi) is 4.32. The molecule has 0 radical (unpaired) electrons. The first-order valence-corrected chi connectivity index (χ1v) is 7.90. The molecule has 0 aliphatic carbocycles. The number of carbonyl (C=O) groups is 1. The molecule has 1 heterocycles. The largest absolute Gasteiger partial charge is 0.290 e. The van der Waals surface area contributed by atoms with Gasteiger partial charge in [-0.15, -0.1) is 0 Å². The average Bonchev–Trinajstić information content (AvgIpc) is 2.79. The molecule has 110 valence electrons. The smallest absolute Gasteiger partial charge is 0.266 e. The zero-order valence-electron chi connectivity index (χ0n) is 11.9. The number of hydrogen-bond donors (Lipinski definition) is 0. The lowest BCUT2D eigenvalue weighted by Crippen LogP contribution is -2.23. The molecular formula is C17H13ClN2OS. The molecule has 3 rings (SSSR count). The standard InChI is InChI=1S/C17H13ClN2OS/c1-20-16(21)15(11-12-5-3-2-4-6-12)22-17(20)19-14-9-7-13(18)8-10-14/h2-11H,1H3/b15-11+,19-17?. The molecule has 3 nitrogen and oxygen atoms in total. The van der Waals surface area contributed by atoms with Crippen LogP contribution in [-0.4, -0.2) is 23.0 Å². The van der Waals surface area contributed by atoms with E-state index < -0.39 is 0 Å². The number of hydrogen-bond acceptors (Lipinski definition) is 3. The molecule has 1 aliphatic rings. The minimum atomic E-state index is -0.0402. The van der Waals surface area contributed by atoms with Gasteiger partial charge in [0.15, 0.2) is 5.17 Å². The van der Waals surface area contributed by atoms with Crippen molar-refractivity contribution < 1.29 is 4.79 Å². The van der Waals surface area contributed by atoms with E-state index >= 15 is 0 Å². The van der Waals surface area contributed by atoms with E-state index in [1.165, 1.54) is 11.8 Å². The van der Waals surface area contributed by atoms with Gasteiger partial charge in [-0.05, 0) is 47.7 Å². The number of benzene rings is 2. The summed E-state index contributed by atoms with van der Waals surface area (Å²) in [6.45, 7) is 0. The topological polar surface area (TPSA) is 32.7 Å². The van der Waals surface area contributed by atoms with E-state index in [2.05, 4.69) is 4.99 Å². The molecule has 2 aromatic carbocycles. The third-order valence-corrected chi connectivity index (χ3v) is 4.46. The second kappa shape index (κ2) is 6.38. The Morgan fingerprint density at radius 3 is 2.45 bits per heavy atom. The first-order chi connectivity index (χ1) is 10.6. The molecule has 22 heavy (non-hydrogen) atoms. The molecule has 1 aliphatic heterocycles. The molecule has 0 aromatic heterocycles.